The molecule has 1 rings (SSSR count). The second-order valence-corrected chi connectivity index (χ2v) is 2.09. The molecule has 41 valence electrons. The highest BCUT2D eigenvalue weighted by Crippen LogP contribution is 2.26. The van der Waals surface area contributed by atoms with Crippen LogP contribution in [0.25, 0.3) is 0 Å². The number of nitriles is 1. The van der Waals surface area contributed by atoms with Gasteiger partial charge in [-0.15, -0.1) is 0 Å². The minimum Gasteiger partial charge on any atom is -0.288 e. The van der Waals surface area contributed by atoms with Crippen LogP contribution >= 0.6 is 11.8 Å². The molecule has 0 bridgehead atoms. The van der Waals surface area contributed by atoms with Gasteiger partial charge < -0.3 is 0 Å². The lowest BCUT2D eigenvalue weighted by Crippen LogP contribution is -1.98. The summed E-state index contributed by atoms with van der Waals surface area (Å²) in [4.78, 5) is 0.507. The average Bonchev–Trinajstić information content (AvgIpc) is 2.14. The van der Waals surface area contributed by atoms with Gasteiger partial charge in [-0.05, 0) is 0 Å². The number of rotatable bonds is 0. The Morgan fingerprint density at radius 3 is 2.88 bits per heavy atom. The van der Waals surface area contributed by atoms with Crippen molar-refractivity contribution in [2.24, 2.45) is 0 Å². The normalized spacial score (nSPS) is 18.0. The Kier molecular flexibility index (Phi) is 1.42. The first kappa shape index (κ1) is 5.48. The first-order valence-electron chi connectivity index (χ1n) is 1.92. The molecule has 0 fully saturated rings. The maximum atomic E-state index is 8.56. The van der Waals surface area contributed by atoms with Crippen LogP contribution in [0.1, 0.15) is 0 Å². The van der Waals surface area contributed by atoms with Crippen molar-refractivity contribution in [3.63, 3.8) is 0 Å². The van der Waals surface area contributed by atoms with Crippen molar-refractivity contribution < 1.29 is 5.21 Å². The molecule has 0 aromatic rings. The maximum absolute atomic E-state index is 8.56. The molecular formula is C4H3N2OS. The highest BCUT2D eigenvalue weighted by molar-refractivity contribution is 8.05. The molecule has 0 spiro atoms. The van der Waals surface area contributed by atoms with Crippen molar-refractivity contribution in [2.75, 3.05) is 0 Å². The summed E-state index contributed by atoms with van der Waals surface area (Å²) in [7, 11) is 0. The van der Waals surface area contributed by atoms with E-state index in [9.17, 15) is 0 Å². The number of allylic oxidation sites excluding steroid dienone is 1. The third-order valence-electron chi connectivity index (χ3n) is 0.647. The van der Waals surface area contributed by atoms with Crippen molar-refractivity contribution in [3.8, 4) is 6.07 Å². The predicted molar refractivity (Wildman–Crippen MR) is 29.2 cm³/mol. The Labute approximate surface area is 51.2 Å². The Balaban J connectivity index is 2.61. The third-order valence-corrected chi connectivity index (χ3v) is 1.42. The minimum absolute atomic E-state index is 0.507. The Morgan fingerprint density at radius 2 is 2.62 bits per heavy atom. The van der Waals surface area contributed by atoms with Crippen LogP contribution in [0.5, 0.6) is 0 Å². The maximum Gasteiger partial charge on any atom is 0.138 e. The van der Waals surface area contributed by atoms with Crippen molar-refractivity contribution in [2.45, 2.75) is 0 Å². The van der Waals surface area contributed by atoms with E-state index in [-0.39, 0.29) is 0 Å². The fourth-order valence-corrected chi connectivity index (χ4v) is 0.851. The molecule has 0 aromatic carbocycles. The van der Waals surface area contributed by atoms with Gasteiger partial charge in [-0.25, -0.2) is 5.06 Å². The molecule has 4 heteroatoms. The monoisotopic (exact) mass is 127 g/mol. The van der Waals surface area contributed by atoms with Gasteiger partial charge in [0.15, 0.2) is 0 Å². The summed E-state index contributed by atoms with van der Waals surface area (Å²) in [5.74, 6) is 1.44. The van der Waals surface area contributed by atoms with E-state index < -0.39 is 0 Å². The number of nitrogens with zero attached hydrogens (tertiary/aromatic N) is 2. The Hall–Kier alpha value is -0.660. The quantitative estimate of drug-likeness (QED) is 0.525. The average molecular weight is 127 g/mol. The van der Waals surface area contributed by atoms with Crippen molar-refractivity contribution in [3.05, 3.63) is 17.0 Å². The Bertz CT molecular complexity index is 160. The molecule has 0 amide bonds. The second kappa shape index (κ2) is 2.07. The first-order chi connectivity index (χ1) is 3.83. The molecule has 0 aliphatic carbocycles. The van der Waals surface area contributed by atoms with Gasteiger partial charge in [0.25, 0.3) is 0 Å². The van der Waals surface area contributed by atoms with Gasteiger partial charge in [0.2, 0.25) is 0 Å². The van der Waals surface area contributed by atoms with E-state index in [0.717, 1.165) is 5.06 Å². The number of thioether (sulfide) groups is 1. The fourth-order valence-electron chi connectivity index (χ4n) is 0.347. The molecule has 1 aliphatic heterocycles. The number of hydroxylamine groups is 2. The van der Waals surface area contributed by atoms with Crippen molar-refractivity contribution in [1.29, 1.82) is 5.26 Å². The lowest BCUT2D eigenvalue weighted by Gasteiger charge is -1.97. The molecule has 0 aromatic heterocycles. The minimum atomic E-state index is 0.507. The van der Waals surface area contributed by atoms with Gasteiger partial charge in [0.05, 0.1) is 6.20 Å². The van der Waals surface area contributed by atoms with Crippen LogP contribution in [0.3, 0.4) is 0 Å². The van der Waals surface area contributed by atoms with Crippen LogP contribution in [-0.2, 0) is 0 Å². The molecule has 0 unspecified atom stereocenters. The smallest absolute Gasteiger partial charge is 0.138 e. The van der Waals surface area contributed by atoms with E-state index in [2.05, 4.69) is 0 Å². The van der Waals surface area contributed by atoms with Gasteiger partial charge in [0, 0.05) is 0 Å². The molecule has 0 atom stereocenters. The molecule has 8 heavy (non-hydrogen) atoms. The van der Waals surface area contributed by atoms with Gasteiger partial charge >= 0.3 is 0 Å². The standard InChI is InChI=1S/C4H3N2OS/c5-1-4-2-6(7)3-8-4/h2-3,7H. The molecule has 3 nitrogen and oxygen atoms in total. The van der Waals surface area contributed by atoms with Crippen LogP contribution in [-0.4, -0.2) is 10.3 Å². The van der Waals surface area contributed by atoms with E-state index in [4.69, 9.17) is 10.5 Å². The van der Waals surface area contributed by atoms with E-state index >= 15 is 0 Å². The van der Waals surface area contributed by atoms with Crippen molar-refractivity contribution >= 4 is 11.8 Å². The van der Waals surface area contributed by atoms with Crippen LogP contribution in [0, 0.1) is 17.2 Å². The zero-order chi connectivity index (χ0) is 5.98. The molecular weight excluding hydrogens is 124 g/mol. The molecule has 1 N–H and O–H groups in total. The SMILES string of the molecule is N#CC1=CN(O)[CH]S1. The molecule has 1 radical (unpaired) electrons. The molecule has 1 heterocycles. The number of hydrogen-bond acceptors (Lipinski definition) is 4. The first-order valence-corrected chi connectivity index (χ1v) is 2.80. The molecule has 0 saturated heterocycles. The Morgan fingerprint density at radius 1 is 1.88 bits per heavy atom. The van der Waals surface area contributed by atoms with E-state index in [1.807, 2.05) is 6.07 Å². The summed E-state index contributed by atoms with van der Waals surface area (Å²) < 4.78 is 0. The van der Waals surface area contributed by atoms with Crippen LogP contribution in [0.2, 0.25) is 0 Å². The van der Waals surface area contributed by atoms with Crippen LogP contribution in [0.4, 0.5) is 0 Å². The summed E-state index contributed by atoms with van der Waals surface area (Å²) in [6, 6.07) is 1.89. The summed E-state index contributed by atoms with van der Waals surface area (Å²) in [6.45, 7) is 0. The largest absolute Gasteiger partial charge is 0.288 e. The zero-order valence-corrected chi connectivity index (χ0v) is 4.72. The predicted octanol–water partition coefficient (Wildman–Crippen LogP) is 0.909. The third kappa shape index (κ3) is 0.941. The lowest BCUT2D eigenvalue weighted by atomic mass is 10.7. The fraction of sp³-hybridized carbons (Fsp3) is 0. The van der Waals surface area contributed by atoms with E-state index in [1.165, 1.54) is 23.8 Å². The summed E-state index contributed by atoms with van der Waals surface area (Å²) >= 11 is 1.20. The lowest BCUT2D eigenvalue weighted by molar-refractivity contribution is 0.00453. The highest BCUT2D eigenvalue weighted by atomic mass is 32.2. The van der Waals surface area contributed by atoms with E-state index in [0.29, 0.717) is 4.91 Å². The van der Waals surface area contributed by atoms with Crippen LogP contribution in [0.15, 0.2) is 11.1 Å². The molecule has 0 saturated carbocycles. The van der Waals surface area contributed by atoms with Gasteiger partial charge in [0.1, 0.15) is 16.9 Å². The number of hydrogen-bond donors (Lipinski definition) is 1. The topological polar surface area (TPSA) is 47.3 Å². The van der Waals surface area contributed by atoms with Gasteiger partial charge in [-0.3, -0.25) is 5.21 Å². The summed E-state index contributed by atoms with van der Waals surface area (Å²) in [5.41, 5.74) is 0. The second-order valence-electron chi connectivity index (χ2n) is 1.21. The van der Waals surface area contributed by atoms with Gasteiger partial charge in [-0.1, -0.05) is 11.8 Å². The van der Waals surface area contributed by atoms with Crippen molar-refractivity contribution in [1.82, 2.24) is 5.06 Å². The molecule has 1 aliphatic rings. The van der Waals surface area contributed by atoms with Gasteiger partial charge in [-0.2, -0.15) is 5.26 Å². The van der Waals surface area contributed by atoms with E-state index in [1.54, 1.807) is 0 Å². The summed E-state index contributed by atoms with van der Waals surface area (Å²) in [5, 5.41) is 17.6. The summed E-state index contributed by atoms with van der Waals surface area (Å²) in [6.07, 6.45) is 1.35. The zero-order valence-electron chi connectivity index (χ0n) is 3.90. The van der Waals surface area contributed by atoms with Crippen LogP contribution < -0.4 is 0 Å². The highest BCUT2D eigenvalue weighted by Gasteiger charge is 2.09.